The van der Waals surface area contributed by atoms with Crippen molar-refractivity contribution >= 4 is 18.0 Å². The number of hydrogen-bond acceptors (Lipinski definition) is 4. The average Bonchev–Trinajstić information content (AvgIpc) is 3.31. The van der Waals surface area contributed by atoms with Gasteiger partial charge in [0.25, 0.3) is 0 Å². The number of alkyl carbamates (subject to hydrolysis) is 1. The molecule has 7 heteroatoms. The van der Waals surface area contributed by atoms with Gasteiger partial charge in [-0.15, -0.1) is 0 Å². The van der Waals surface area contributed by atoms with Crippen LogP contribution in [0.4, 0.5) is 4.79 Å². The molecule has 0 spiro atoms. The van der Waals surface area contributed by atoms with E-state index in [-0.39, 0.29) is 12.5 Å². The number of rotatable bonds is 5. The van der Waals surface area contributed by atoms with E-state index in [2.05, 4.69) is 17.4 Å². The Morgan fingerprint density at radius 2 is 1.71 bits per heavy atom. The molecule has 1 fully saturated rings. The van der Waals surface area contributed by atoms with Crippen LogP contribution in [0, 0.1) is 0 Å². The Kier molecular flexibility index (Phi) is 5.43. The zero-order valence-corrected chi connectivity index (χ0v) is 17.6. The topological polar surface area (TPSA) is 95.9 Å². The van der Waals surface area contributed by atoms with Gasteiger partial charge in [-0.3, -0.25) is 4.79 Å². The van der Waals surface area contributed by atoms with Crippen LogP contribution >= 0.6 is 0 Å². The van der Waals surface area contributed by atoms with E-state index >= 15 is 0 Å². The first-order valence-corrected chi connectivity index (χ1v) is 10.5. The highest BCUT2D eigenvalue weighted by Gasteiger charge is 2.47. The molecule has 4 rings (SSSR count). The molecule has 0 unspecified atom stereocenters. The van der Waals surface area contributed by atoms with Gasteiger partial charge in [-0.2, -0.15) is 0 Å². The molecule has 2 atom stereocenters. The minimum atomic E-state index is -1.24. The Morgan fingerprint density at radius 1 is 1.13 bits per heavy atom. The lowest BCUT2D eigenvalue weighted by molar-refractivity contribution is -0.155. The molecule has 2 amide bonds. The van der Waals surface area contributed by atoms with Crippen molar-refractivity contribution in [2.75, 3.05) is 13.2 Å². The summed E-state index contributed by atoms with van der Waals surface area (Å²) in [6.07, 6.45) is 0.316. The lowest BCUT2D eigenvalue weighted by atomic mass is 9.98. The van der Waals surface area contributed by atoms with E-state index in [1.165, 1.54) is 4.90 Å². The largest absolute Gasteiger partial charge is 0.480 e. The highest BCUT2D eigenvalue weighted by Crippen LogP contribution is 2.44. The lowest BCUT2D eigenvalue weighted by Crippen LogP contribution is -2.56. The molecule has 2 aliphatic rings. The normalized spacial score (nSPS) is 20.6. The van der Waals surface area contributed by atoms with Crippen molar-refractivity contribution in [1.29, 1.82) is 0 Å². The molecule has 7 nitrogen and oxygen atoms in total. The third kappa shape index (κ3) is 3.65. The maximum absolute atomic E-state index is 12.8. The van der Waals surface area contributed by atoms with E-state index in [4.69, 9.17) is 4.74 Å². The fraction of sp³-hybridized carbons (Fsp3) is 0.375. The predicted molar refractivity (Wildman–Crippen MR) is 115 cm³/mol. The molecule has 1 heterocycles. The summed E-state index contributed by atoms with van der Waals surface area (Å²) in [6, 6.07) is 15.2. The summed E-state index contributed by atoms with van der Waals surface area (Å²) in [5.41, 5.74) is 3.24. The zero-order chi connectivity index (χ0) is 22.2. The van der Waals surface area contributed by atoms with Crippen LogP contribution in [0.2, 0.25) is 0 Å². The summed E-state index contributed by atoms with van der Waals surface area (Å²) in [4.78, 5) is 38.2. The van der Waals surface area contributed by atoms with E-state index in [9.17, 15) is 19.5 Å². The Labute approximate surface area is 181 Å². The second-order valence-corrected chi connectivity index (χ2v) is 8.36. The standard InChI is InChI=1S/C24H26N2O5/c1-15(21(27)26-13-7-12-24(26,2)22(28)29)25-23(30)31-14-20-18-10-5-3-8-16(18)17-9-4-6-11-19(17)20/h3-6,8-11,15,20H,7,12-14H2,1-2H3,(H,25,30)(H,28,29)/t15-,24+/m0/s1. The molecule has 162 valence electrons. The lowest BCUT2D eigenvalue weighted by Gasteiger charge is -2.33. The molecule has 1 aliphatic heterocycles. The quantitative estimate of drug-likeness (QED) is 0.770. The molecule has 0 aromatic heterocycles. The number of fused-ring (bicyclic) bond motifs is 3. The predicted octanol–water partition coefficient (Wildman–Crippen LogP) is 3.38. The summed E-state index contributed by atoms with van der Waals surface area (Å²) in [5.74, 6) is -1.53. The fourth-order valence-corrected chi connectivity index (χ4v) is 4.65. The van der Waals surface area contributed by atoms with Crippen molar-refractivity contribution in [1.82, 2.24) is 10.2 Å². The van der Waals surface area contributed by atoms with Gasteiger partial charge in [-0.1, -0.05) is 48.5 Å². The average molecular weight is 422 g/mol. The molecule has 2 aromatic carbocycles. The van der Waals surface area contributed by atoms with Crippen LogP contribution in [0.3, 0.4) is 0 Å². The number of nitrogens with zero attached hydrogens (tertiary/aromatic N) is 1. The number of aliphatic carboxylic acids is 1. The Morgan fingerprint density at radius 3 is 2.29 bits per heavy atom. The molecular weight excluding hydrogens is 396 g/mol. The van der Waals surface area contributed by atoms with Gasteiger partial charge in [-0.25, -0.2) is 9.59 Å². The van der Waals surface area contributed by atoms with E-state index in [0.29, 0.717) is 19.4 Å². The number of ether oxygens (including phenoxy) is 1. The van der Waals surface area contributed by atoms with Gasteiger partial charge >= 0.3 is 12.1 Å². The second kappa shape index (κ2) is 8.06. The van der Waals surface area contributed by atoms with E-state index in [0.717, 1.165) is 22.3 Å². The number of carboxylic acid groups (broad SMARTS) is 1. The van der Waals surface area contributed by atoms with Crippen LogP contribution in [-0.2, 0) is 14.3 Å². The third-order valence-electron chi connectivity index (χ3n) is 6.42. The van der Waals surface area contributed by atoms with E-state index < -0.39 is 29.6 Å². The summed E-state index contributed by atoms with van der Waals surface area (Å²) in [7, 11) is 0. The van der Waals surface area contributed by atoms with E-state index in [1.807, 2.05) is 36.4 Å². The number of benzene rings is 2. The van der Waals surface area contributed by atoms with Crippen LogP contribution in [0.25, 0.3) is 11.1 Å². The SMILES string of the molecule is C[C@H](NC(=O)OCC1c2ccccc2-c2ccccc21)C(=O)N1CCC[C@]1(C)C(=O)O. The second-order valence-electron chi connectivity index (χ2n) is 8.36. The number of likely N-dealkylation sites (tertiary alicyclic amines) is 1. The van der Waals surface area contributed by atoms with Gasteiger partial charge < -0.3 is 20.1 Å². The Hall–Kier alpha value is -3.35. The number of carboxylic acids is 1. The van der Waals surface area contributed by atoms with Crippen molar-refractivity contribution in [2.45, 2.75) is 44.2 Å². The molecule has 1 saturated heterocycles. The minimum absolute atomic E-state index is 0.0713. The fourth-order valence-electron chi connectivity index (χ4n) is 4.65. The third-order valence-corrected chi connectivity index (χ3v) is 6.42. The maximum Gasteiger partial charge on any atom is 0.407 e. The van der Waals surface area contributed by atoms with E-state index in [1.54, 1.807) is 13.8 Å². The minimum Gasteiger partial charge on any atom is -0.480 e. The number of amides is 2. The summed E-state index contributed by atoms with van der Waals surface area (Å²) >= 11 is 0. The molecule has 31 heavy (non-hydrogen) atoms. The molecule has 1 aliphatic carbocycles. The van der Waals surface area contributed by atoms with Gasteiger partial charge in [0.15, 0.2) is 0 Å². The summed E-state index contributed by atoms with van der Waals surface area (Å²) in [6.45, 7) is 3.60. The molecule has 0 bridgehead atoms. The molecular formula is C24H26N2O5. The number of carbonyl (C=O) groups excluding carboxylic acids is 2. The first-order valence-electron chi connectivity index (χ1n) is 10.5. The summed E-state index contributed by atoms with van der Waals surface area (Å²) in [5, 5.41) is 12.1. The number of nitrogens with one attached hydrogen (secondary N) is 1. The monoisotopic (exact) mass is 422 g/mol. The van der Waals surface area contributed by atoms with Gasteiger partial charge in [0, 0.05) is 12.5 Å². The van der Waals surface area contributed by atoms with Crippen LogP contribution < -0.4 is 5.32 Å². The van der Waals surface area contributed by atoms with Gasteiger partial charge in [0.2, 0.25) is 5.91 Å². The van der Waals surface area contributed by atoms with Crippen molar-refractivity contribution in [3.8, 4) is 11.1 Å². The van der Waals surface area contributed by atoms with Gasteiger partial charge in [0.1, 0.15) is 18.2 Å². The van der Waals surface area contributed by atoms with Crippen LogP contribution in [0.1, 0.15) is 43.7 Å². The van der Waals surface area contributed by atoms with Crippen molar-refractivity contribution in [2.24, 2.45) is 0 Å². The smallest absolute Gasteiger partial charge is 0.407 e. The highest BCUT2D eigenvalue weighted by atomic mass is 16.5. The van der Waals surface area contributed by atoms with Crippen LogP contribution in [0.15, 0.2) is 48.5 Å². The van der Waals surface area contributed by atoms with Crippen LogP contribution in [-0.4, -0.2) is 52.7 Å². The van der Waals surface area contributed by atoms with Crippen molar-refractivity contribution in [3.63, 3.8) is 0 Å². The highest BCUT2D eigenvalue weighted by molar-refractivity contribution is 5.91. The molecule has 0 saturated carbocycles. The molecule has 2 aromatic rings. The Bertz CT molecular complexity index is 991. The zero-order valence-electron chi connectivity index (χ0n) is 17.6. The van der Waals surface area contributed by atoms with Gasteiger partial charge in [0.05, 0.1) is 0 Å². The van der Waals surface area contributed by atoms with Gasteiger partial charge in [-0.05, 0) is 48.9 Å². The number of carbonyl (C=O) groups is 3. The number of hydrogen-bond donors (Lipinski definition) is 2. The maximum atomic E-state index is 12.8. The van der Waals surface area contributed by atoms with Crippen molar-refractivity contribution < 1.29 is 24.2 Å². The molecule has 0 radical (unpaired) electrons. The summed E-state index contributed by atoms with van der Waals surface area (Å²) < 4.78 is 5.49. The van der Waals surface area contributed by atoms with Crippen LogP contribution in [0.5, 0.6) is 0 Å². The molecule has 2 N–H and O–H groups in total. The Balaban J connectivity index is 1.40. The first kappa shape index (κ1) is 20.9. The first-order chi connectivity index (χ1) is 14.8. The van der Waals surface area contributed by atoms with Crippen molar-refractivity contribution in [3.05, 3.63) is 59.7 Å².